The van der Waals surface area contributed by atoms with E-state index < -0.39 is 36.2 Å². The number of carboxylic acids is 1. The van der Waals surface area contributed by atoms with Crippen LogP contribution in [0.1, 0.15) is 5.56 Å². The predicted molar refractivity (Wildman–Crippen MR) is 114 cm³/mol. The van der Waals surface area contributed by atoms with Crippen molar-refractivity contribution in [2.75, 3.05) is 18.6 Å². The molecular weight excluding hydrogens is 406 g/mol. The lowest BCUT2D eigenvalue weighted by Gasteiger charge is -2.27. The Labute approximate surface area is 178 Å². The van der Waals surface area contributed by atoms with Gasteiger partial charge in [0, 0.05) is 12.2 Å². The molecule has 30 heavy (non-hydrogen) atoms. The summed E-state index contributed by atoms with van der Waals surface area (Å²) in [6.45, 7) is 0.0103. The maximum Gasteiger partial charge on any atom is 0.411 e. The molecule has 0 bridgehead atoms. The summed E-state index contributed by atoms with van der Waals surface area (Å²) in [5, 5.41) is 19.8. The number of carbonyl (C=O) groups is 3. The van der Waals surface area contributed by atoms with Crippen molar-refractivity contribution in [3.8, 4) is 0 Å². The molecule has 3 atom stereocenters. The number of nitrogens with one attached hydrogen (secondary N) is 2. The molecule has 1 heterocycles. The fourth-order valence-corrected chi connectivity index (χ4v) is 3.99. The number of thioether (sulfide) groups is 1. The maximum absolute atomic E-state index is 12.6. The van der Waals surface area contributed by atoms with Crippen LogP contribution in [-0.2, 0) is 20.7 Å². The zero-order valence-electron chi connectivity index (χ0n) is 16.4. The Morgan fingerprint density at radius 3 is 2.77 bits per heavy atom. The van der Waals surface area contributed by atoms with E-state index in [1.165, 1.54) is 4.90 Å². The SMILES string of the molecule is CSCC1=CC(=N)C=CC1N1CC(C(=O)N[C@H](Cc2ccccc2)C(=O)O)OC1=O. The predicted octanol–water partition coefficient (Wildman–Crippen LogP) is 1.87. The van der Waals surface area contributed by atoms with Crippen LogP contribution in [0, 0.1) is 5.41 Å². The van der Waals surface area contributed by atoms with Gasteiger partial charge in [0.15, 0.2) is 6.10 Å². The highest BCUT2D eigenvalue weighted by Crippen LogP contribution is 2.25. The van der Waals surface area contributed by atoms with Crippen LogP contribution < -0.4 is 5.32 Å². The fourth-order valence-electron chi connectivity index (χ4n) is 3.41. The van der Waals surface area contributed by atoms with E-state index in [0.29, 0.717) is 11.5 Å². The third-order valence-corrected chi connectivity index (χ3v) is 5.48. The molecule has 0 aromatic heterocycles. The van der Waals surface area contributed by atoms with Crippen molar-refractivity contribution < 1.29 is 24.2 Å². The Morgan fingerprint density at radius 2 is 2.10 bits per heavy atom. The lowest BCUT2D eigenvalue weighted by Crippen LogP contribution is -2.48. The largest absolute Gasteiger partial charge is 0.480 e. The third kappa shape index (κ3) is 5.10. The van der Waals surface area contributed by atoms with Gasteiger partial charge in [-0.2, -0.15) is 11.8 Å². The van der Waals surface area contributed by atoms with E-state index in [-0.39, 0.29) is 13.0 Å². The van der Waals surface area contributed by atoms with E-state index in [4.69, 9.17) is 10.1 Å². The minimum absolute atomic E-state index is 0.0103. The first-order chi connectivity index (χ1) is 14.4. The first kappa shape index (κ1) is 21.6. The van der Waals surface area contributed by atoms with Gasteiger partial charge in [0.2, 0.25) is 0 Å². The molecular formula is C21H23N3O5S. The summed E-state index contributed by atoms with van der Waals surface area (Å²) < 4.78 is 5.23. The molecule has 3 N–H and O–H groups in total. The van der Waals surface area contributed by atoms with E-state index in [1.807, 2.05) is 12.3 Å². The molecule has 3 rings (SSSR count). The molecule has 2 aliphatic rings. The van der Waals surface area contributed by atoms with E-state index >= 15 is 0 Å². The third-order valence-electron chi connectivity index (χ3n) is 4.86. The number of ether oxygens (including phenoxy) is 1. The van der Waals surface area contributed by atoms with E-state index in [9.17, 15) is 19.5 Å². The number of carboxylic acid groups (broad SMARTS) is 1. The standard InChI is InChI=1S/C21H23N3O5S/c1-30-12-14-10-15(22)7-8-17(14)24-11-18(29-21(24)28)19(25)23-16(20(26)27)9-13-5-3-2-4-6-13/h2-8,10,16-18,22H,9,11-12H2,1H3,(H,23,25)(H,26,27)/t16-,17?,18?/m1/s1. The molecule has 1 aliphatic heterocycles. The summed E-state index contributed by atoms with van der Waals surface area (Å²) in [5.74, 6) is -1.17. The number of amides is 2. The molecule has 1 aliphatic carbocycles. The highest BCUT2D eigenvalue weighted by atomic mass is 32.2. The minimum Gasteiger partial charge on any atom is -0.480 e. The summed E-state index contributed by atoms with van der Waals surface area (Å²) in [6, 6.07) is 7.46. The van der Waals surface area contributed by atoms with Crippen LogP contribution in [0.3, 0.4) is 0 Å². The lowest BCUT2D eigenvalue weighted by molar-refractivity contribution is -0.143. The highest BCUT2D eigenvalue weighted by Gasteiger charge is 2.41. The van der Waals surface area contributed by atoms with Crippen LogP contribution in [0.4, 0.5) is 4.79 Å². The second-order valence-electron chi connectivity index (χ2n) is 7.03. The number of allylic oxidation sites excluding steroid dienone is 2. The van der Waals surface area contributed by atoms with Gasteiger partial charge in [0.05, 0.1) is 18.3 Å². The quantitative estimate of drug-likeness (QED) is 0.580. The summed E-state index contributed by atoms with van der Waals surface area (Å²) >= 11 is 1.57. The first-order valence-corrected chi connectivity index (χ1v) is 10.8. The molecule has 2 amide bonds. The monoisotopic (exact) mass is 429 g/mol. The van der Waals surface area contributed by atoms with Crippen molar-refractivity contribution in [3.63, 3.8) is 0 Å². The van der Waals surface area contributed by atoms with Crippen molar-refractivity contribution in [3.05, 3.63) is 59.7 Å². The number of benzene rings is 1. The van der Waals surface area contributed by atoms with Crippen LogP contribution in [0.25, 0.3) is 0 Å². The van der Waals surface area contributed by atoms with E-state index in [0.717, 1.165) is 11.1 Å². The summed E-state index contributed by atoms with van der Waals surface area (Å²) in [4.78, 5) is 38.1. The molecule has 8 nitrogen and oxygen atoms in total. The van der Waals surface area contributed by atoms with E-state index in [1.54, 1.807) is 54.3 Å². The van der Waals surface area contributed by atoms with Gasteiger partial charge in [-0.25, -0.2) is 9.59 Å². The number of carbonyl (C=O) groups excluding carboxylic acids is 2. The van der Waals surface area contributed by atoms with Crippen LogP contribution in [0.5, 0.6) is 0 Å². The van der Waals surface area contributed by atoms with Gasteiger partial charge in [0.1, 0.15) is 6.04 Å². The Hall–Kier alpha value is -3.07. The number of aliphatic carboxylic acids is 1. The van der Waals surface area contributed by atoms with Crippen molar-refractivity contribution in [2.24, 2.45) is 0 Å². The molecule has 2 unspecified atom stereocenters. The maximum atomic E-state index is 12.6. The number of rotatable bonds is 8. The smallest absolute Gasteiger partial charge is 0.411 e. The molecule has 1 fully saturated rings. The number of cyclic esters (lactones) is 1. The molecule has 1 saturated heterocycles. The van der Waals surface area contributed by atoms with E-state index in [2.05, 4.69) is 5.32 Å². The van der Waals surface area contributed by atoms with Gasteiger partial charge in [-0.1, -0.05) is 36.4 Å². The van der Waals surface area contributed by atoms with Crippen molar-refractivity contribution in [2.45, 2.75) is 24.6 Å². The molecule has 1 aromatic rings. The van der Waals surface area contributed by atoms with Crippen molar-refractivity contribution >= 4 is 35.4 Å². The van der Waals surface area contributed by atoms with Crippen LogP contribution >= 0.6 is 11.8 Å². The van der Waals surface area contributed by atoms with Crippen LogP contribution in [0.2, 0.25) is 0 Å². The van der Waals surface area contributed by atoms with Crippen LogP contribution in [0.15, 0.2) is 54.1 Å². The Bertz CT molecular complexity index is 899. The van der Waals surface area contributed by atoms with Gasteiger partial charge in [-0.05, 0) is 29.5 Å². The first-order valence-electron chi connectivity index (χ1n) is 9.39. The van der Waals surface area contributed by atoms with Crippen LogP contribution in [-0.4, -0.2) is 70.4 Å². The zero-order chi connectivity index (χ0) is 21.7. The van der Waals surface area contributed by atoms with Gasteiger partial charge in [-0.3, -0.25) is 9.69 Å². The summed E-state index contributed by atoms with van der Waals surface area (Å²) in [6.07, 6.45) is 5.38. The Balaban J connectivity index is 1.66. The number of nitrogens with zero attached hydrogens (tertiary/aromatic N) is 1. The average molecular weight is 429 g/mol. The Kier molecular flexibility index (Phi) is 6.94. The molecule has 0 spiro atoms. The van der Waals surface area contributed by atoms with Crippen molar-refractivity contribution in [1.29, 1.82) is 5.41 Å². The van der Waals surface area contributed by atoms with Crippen molar-refractivity contribution in [1.82, 2.24) is 10.2 Å². The fraction of sp³-hybridized carbons (Fsp3) is 0.333. The second kappa shape index (κ2) is 9.62. The number of hydrogen-bond donors (Lipinski definition) is 3. The topological polar surface area (TPSA) is 120 Å². The molecule has 158 valence electrons. The molecule has 9 heteroatoms. The second-order valence-corrected chi connectivity index (χ2v) is 7.89. The van der Waals surface area contributed by atoms with Gasteiger partial charge in [-0.15, -0.1) is 0 Å². The van der Waals surface area contributed by atoms with Gasteiger partial charge < -0.3 is 20.6 Å². The average Bonchev–Trinajstić information content (AvgIpc) is 3.10. The molecule has 0 saturated carbocycles. The minimum atomic E-state index is -1.16. The van der Waals surface area contributed by atoms with Gasteiger partial charge in [0.25, 0.3) is 5.91 Å². The van der Waals surface area contributed by atoms with Gasteiger partial charge >= 0.3 is 12.1 Å². The summed E-state index contributed by atoms with van der Waals surface area (Å²) in [5.41, 5.74) is 2.00. The summed E-state index contributed by atoms with van der Waals surface area (Å²) in [7, 11) is 0. The number of hydrogen-bond acceptors (Lipinski definition) is 6. The molecule has 1 aromatic carbocycles. The Morgan fingerprint density at radius 1 is 1.37 bits per heavy atom. The normalized spacial score (nSPS) is 21.8. The molecule has 0 radical (unpaired) electrons. The zero-order valence-corrected chi connectivity index (χ0v) is 17.2. The highest BCUT2D eigenvalue weighted by molar-refractivity contribution is 7.98. The lowest BCUT2D eigenvalue weighted by atomic mass is 9.99.